The SMILES string of the molecule is Cc1ccnc([C@H](N)CC(F)(F)F)c1. The Labute approximate surface area is 79.9 Å². The van der Waals surface area contributed by atoms with E-state index >= 15 is 0 Å². The maximum Gasteiger partial charge on any atom is 0.390 e. The Kier molecular flexibility index (Phi) is 3.10. The van der Waals surface area contributed by atoms with Gasteiger partial charge in [0, 0.05) is 6.20 Å². The highest BCUT2D eigenvalue weighted by atomic mass is 19.4. The van der Waals surface area contributed by atoms with Crippen LogP contribution >= 0.6 is 0 Å². The molecule has 1 atom stereocenters. The normalized spacial score (nSPS) is 14.1. The van der Waals surface area contributed by atoms with Crippen molar-refractivity contribution in [2.75, 3.05) is 0 Å². The van der Waals surface area contributed by atoms with E-state index in [1.165, 1.54) is 6.20 Å². The molecule has 0 amide bonds. The second-order valence-electron chi connectivity index (χ2n) is 3.18. The van der Waals surface area contributed by atoms with Gasteiger partial charge in [0.05, 0.1) is 18.2 Å². The van der Waals surface area contributed by atoms with E-state index in [0.717, 1.165) is 5.56 Å². The van der Waals surface area contributed by atoms with Crippen LogP contribution in [0.2, 0.25) is 0 Å². The maximum atomic E-state index is 12.0. The molecule has 0 saturated heterocycles. The number of nitrogens with two attached hydrogens (primary N) is 1. The standard InChI is InChI=1S/C9H11F3N2/c1-6-2-3-14-8(4-6)7(13)5-9(10,11)12/h2-4,7H,5,13H2,1H3/t7-/m1/s1. The van der Waals surface area contributed by atoms with Gasteiger partial charge in [-0.2, -0.15) is 13.2 Å². The van der Waals surface area contributed by atoms with Crippen LogP contribution in [0.4, 0.5) is 13.2 Å². The summed E-state index contributed by atoms with van der Waals surface area (Å²) in [4.78, 5) is 3.80. The number of rotatable bonds is 2. The van der Waals surface area contributed by atoms with E-state index in [1.54, 1.807) is 19.1 Å². The fourth-order valence-electron chi connectivity index (χ4n) is 1.12. The predicted molar refractivity (Wildman–Crippen MR) is 46.6 cm³/mol. The summed E-state index contributed by atoms with van der Waals surface area (Å²) < 4.78 is 36.0. The van der Waals surface area contributed by atoms with E-state index in [1.807, 2.05) is 0 Å². The van der Waals surface area contributed by atoms with Crippen LogP contribution in [-0.4, -0.2) is 11.2 Å². The molecule has 2 nitrogen and oxygen atoms in total. The minimum absolute atomic E-state index is 0.280. The monoisotopic (exact) mass is 204 g/mol. The molecular weight excluding hydrogens is 193 g/mol. The van der Waals surface area contributed by atoms with Gasteiger partial charge < -0.3 is 5.73 Å². The van der Waals surface area contributed by atoms with Crippen molar-refractivity contribution in [1.82, 2.24) is 4.98 Å². The van der Waals surface area contributed by atoms with Crippen LogP contribution in [0.15, 0.2) is 18.3 Å². The Morgan fingerprint density at radius 2 is 2.14 bits per heavy atom. The van der Waals surface area contributed by atoms with Crippen molar-refractivity contribution in [3.63, 3.8) is 0 Å². The lowest BCUT2D eigenvalue weighted by Crippen LogP contribution is -2.21. The maximum absolute atomic E-state index is 12.0. The molecule has 0 aromatic carbocycles. The number of aromatic nitrogens is 1. The van der Waals surface area contributed by atoms with Crippen molar-refractivity contribution in [2.45, 2.75) is 25.6 Å². The average Bonchev–Trinajstić information content (AvgIpc) is 2.01. The van der Waals surface area contributed by atoms with Gasteiger partial charge in [-0.3, -0.25) is 4.98 Å². The Morgan fingerprint density at radius 3 is 2.64 bits per heavy atom. The van der Waals surface area contributed by atoms with E-state index in [0.29, 0.717) is 0 Å². The van der Waals surface area contributed by atoms with E-state index in [9.17, 15) is 13.2 Å². The van der Waals surface area contributed by atoms with Gasteiger partial charge in [-0.05, 0) is 24.6 Å². The van der Waals surface area contributed by atoms with E-state index in [2.05, 4.69) is 4.98 Å². The van der Waals surface area contributed by atoms with Gasteiger partial charge in [0.1, 0.15) is 0 Å². The van der Waals surface area contributed by atoms with Crippen molar-refractivity contribution in [2.24, 2.45) is 5.73 Å². The van der Waals surface area contributed by atoms with Gasteiger partial charge >= 0.3 is 6.18 Å². The zero-order valence-corrected chi connectivity index (χ0v) is 7.67. The van der Waals surface area contributed by atoms with Crippen molar-refractivity contribution in [1.29, 1.82) is 0 Å². The molecule has 0 unspecified atom stereocenters. The number of nitrogens with zero attached hydrogens (tertiary/aromatic N) is 1. The zero-order chi connectivity index (χ0) is 10.8. The van der Waals surface area contributed by atoms with Crippen LogP contribution < -0.4 is 5.73 Å². The Balaban J connectivity index is 2.74. The minimum atomic E-state index is -4.25. The lowest BCUT2D eigenvalue weighted by atomic mass is 10.1. The molecule has 0 aliphatic heterocycles. The number of halogens is 3. The smallest absolute Gasteiger partial charge is 0.322 e. The molecule has 0 aliphatic carbocycles. The molecule has 0 bridgehead atoms. The minimum Gasteiger partial charge on any atom is -0.322 e. The number of hydrogen-bond donors (Lipinski definition) is 1. The van der Waals surface area contributed by atoms with E-state index in [-0.39, 0.29) is 5.69 Å². The molecule has 0 fully saturated rings. The third-order valence-corrected chi connectivity index (χ3v) is 1.77. The fourth-order valence-corrected chi connectivity index (χ4v) is 1.12. The van der Waals surface area contributed by atoms with Crippen LogP contribution in [0.3, 0.4) is 0 Å². The summed E-state index contributed by atoms with van der Waals surface area (Å²) in [7, 11) is 0. The Hall–Kier alpha value is -1.10. The lowest BCUT2D eigenvalue weighted by molar-refractivity contribution is -0.138. The molecule has 0 saturated carbocycles. The quantitative estimate of drug-likeness (QED) is 0.803. The largest absolute Gasteiger partial charge is 0.390 e. The molecule has 1 aromatic heterocycles. The first kappa shape index (κ1) is 11.0. The molecule has 0 spiro atoms. The van der Waals surface area contributed by atoms with E-state index < -0.39 is 18.6 Å². The van der Waals surface area contributed by atoms with Crippen molar-refractivity contribution < 1.29 is 13.2 Å². The molecule has 14 heavy (non-hydrogen) atoms. The Morgan fingerprint density at radius 1 is 1.50 bits per heavy atom. The second kappa shape index (κ2) is 3.96. The molecule has 5 heteroatoms. The number of hydrogen-bond acceptors (Lipinski definition) is 2. The molecule has 1 aromatic rings. The zero-order valence-electron chi connectivity index (χ0n) is 7.67. The molecule has 0 aliphatic rings. The summed E-state index contributed by atoms with van der Waals surface area (Å²) in [6, 6.07) is 2.20. The van der Waals surface area contributed by atoms with Gasteiger partial charge in [0.25, 0.3) is 0 Å². The molecule has 1 heterocycles. The molecule has 2 N–H and O–H groups in total. The first-order valence-corrected chi connectivity index (χ1v) is 4.13. The van der Waals surface area contributed by atoms with Gasteiger partial charge in [-0.1, -0.05) is 0 Å². The van der Waals surface area contributed by atoms with Gasteiger partial charge in [0.15, 0.2) is 0 Å². The summed E-state index contributed by atoms with van der Waals surface area (Å²) in [5.74, 6) is 0. The fraction of sp³-hybridized carbons (Fsp3) is 0.444. The number of alkyl halides is 3. The highest BCUT2D eigenvalue weighted by molar-refractivity contribution is 5.17. The van der Waals surface area contributed by atoms with Gasteiger partial charge in [0.2, 0.25) is 0 Å². The van der Waals surface area contributed by atoms with Crippen LogP contribution in [0.1, 0.15) is 23.7 Å². The topological polar surface area (TPSA) is 38.9 Å². The Bertz CT molecular complexity index is 309. The molecule has 78 valence electrons. The highest BCUT2D eigenvalue weighted by Gasteiger charge is 2.31. The lowest BCUT2D eigenvalue weighted by Gasteiger charge is -2.13. The first-order valence-electron chi connectivity index (χ1n) is 4.13. The van der Waals surface area contributed by atoms with Gasteiger partial charge in [-0.15, -0.1) is 0 Å². The van der Waals surface area contributed by atoms with Crippen molar-refractivity contribution in [3.8, 4) is 0 Å². The summed E-state index contributed by atoms with van der Waals surface area (Å²) in [6.45, 7) is 1.78. The summed E-state index contributed by atoms with van der Waals surface area (Å²) in [5.41, 5.74) is 6.50. The van der Waals surface area contributed by atoms with E-state index in [4.69, 9.17) is 5.73 Å². The highest BCUT2D eigenvalue weighted by Crippen LogP contribution is 2.27. The van der Waals surface area contributed by atoms with Gasteiger partial charge in [-0.25, -0.2) is 0 Å². The van der Waals surface area contributed by atoms with Crippen molar-refractivity contribution in [3.05, 3.63) is 29.6 Å². The van der Waals surface area contributed by atoms with Crippen LogP contribution in [-0.2, 0) is 0 Å². The number of pyridine rings is 1. The third-order valence-electron chi connectivity index (χ3n) is 1.77. The van der Waals surface area contributed by atoms with Crippen LogP contribution in [0, 0.1) is 6.92 Å². The first-order chi connectivity index (χ1) is 6.38. The van der Waals surface area contributed by atoms with Crippen molar-refractivity contribution >= 4 is 0 Å². The average molecular weight is 204 g/mol. The summed E-state index contributed by atoms with van der Waals surface area (Å²) in [6.07, 6.45) is -3.82. The number of aryl methyl sites for hydroxylation is 1. The van der Waals surface area contributed by atoms with Crippen LogP contribution in [0.25, 0.3) is 0 Å². The second-order valence-corrected chi connectivity index (χ2v) is 3.18. The van der Waals surface area contributed by atoms with Crippen LogP contribution in [0.5, 0.6) is 0 Å². The summed E-state index contributed by atoms with van der Waals surface area (Å²) in [5, 5.41) is 0. The molecular formula is C9H11F3N2. The predicted octanol–water partition coefficient (Wildman–Crippen LogP) is 2.34. The summed E-state index contributed by atoms with van der Waals surface area (Å²) >= 11 is 0. The molecule has 1 rings (SSSR count). The molecule has 0 radical (unpaired) electrons. The third kappa shape index (κ3) is 3.33.